The van der Waals surface area contributed by atoms with Crippen LogP contribution in [0.15, 0.2) is 35.3 Å². The zero-order chi connectivity index (χ0) is 14.0. The van der Waals surface area contributed by atoms with Gasteiger partial charge in [-0.2, -0.15) is 0 Å². The first-order valence-electron chi connectivity index (χ1n) is 7.47. The van der Waals surface area contributed by atoms with Gasteiger partial charge in [-0.1, -0.05) is 30.3 Å². The van der Waals surface area contributed by atoms with E-state index in [9.17, 15) is 0 Å². The standard InChI is InChI=1S/C16H24N4/c1-16(2)13-19(15-17-8-9-18-15)10-11-20(16)12-14-6-4-3-5-7-14/h3-7H,8-13H2,1-2H3,(H,17,18). The van der Waals surface area contributed by atoms with Gasteiger partial charge in [0.15, 0.2) is 5.96 Å². The fourth-order valence-corrected chi connectivity index (χ4v) is 3.07. The van der Waals surface area contributed by atoms with Gasteiger partial charge in [-0.25, -0.2) is 0 Å². The molecule has 0 atom stereocenters. The lowest BCUT2D eigenvalue weighted by molar-refractivity contribution is 0.0413. The molecule has 2 heterocycles. The van der Waals surface area contributed by atoms with Crippen LogP contribution in [-0.2, 0) is 6.54 Å². The predicted molar refractivity (Wildman–Crippen MR) is 82.8 cm³/mol. The molecule has 20 heavy (non-hydrogen) atoms. The molecule has 1 aromatic rings. The Morgan fingerprint density at radius 2 is 2.00 bits per heavy atom. The van der Waals surface area contributed by atoms with E-state index in [1.807, 2.05) is 0 Å². The van der Waals surface area contributed by atoms with E-state index in [1.165, 1.54) is 5.56 Å². The number of hydrogen-bond donors (Lipinski definition) is 1. The summed E-state index contributed by atoms with van der Waals surface area (Å²) in [5.41, 5.74) is 1.56. The lowest BCUT2D eigenvalue weighted by Gasteiger charge is -2.47. The van der Waals surface area contributed by atoms with E-state index in [0.717, 1.165) is 45.2 Å². The van der Waals surface area contributed by atoms with E-state index in [0.29, 0.717) is 0 Å². The molecule has 1 saturated heterocycles. The summed E-state index contributed by atoms with van der Waals surface area (Å²) in [7, 11) is 0. The Balaban J connectivity index is 1.66. The van der Waals surface area contributed by atoms with Gasteiger partial charge in [-0.3, -0.25) is 9.89 Å². The minimum absolute atomic E-state index is 0.168. The number of nitrogens with one attached hydrogen (secondary N) is 1. The lowest BCUT2D eigenvalue weighted by Crippen LogP contribution is -2.61. The van der Waals surface area contributed by atoms with E-state index in [2.05, 4.69) is 64.3 Å². The molecule has 1 N–H and O–H groups in total. The third-order valence-corrected chi connectivity index (χ3v) is 4.25. The van der Waals surface area contributed by atoms with Crippen molar-refractivity contribution in [3.63, 3.8) is 0 Å². The molecule has 1 fully saturated rings. The molecule has 2 aliphatic heterocycles. The number of nitrogens with zero attached hydrogens (tertiary/aromatic N) is 3. The lowest BCUT2D eigenvalue weighted by atomic mass is 9.98. The molecule has 0 saturated carbocycles. The van der Waals surface area contributed by atoms with E-state index >= 15 is 0 Å². The Hall–Kier alpha value is -1.55. The highest BCUT2D eigenvalue weighted by atomic mass is 15.4. The maximum atomic E-state index is 4.55. The van der Waals surface area contributed by atoms with Crippen LogP contribution in [0.1, 0.15) is 19.4 Å². The van der Waals surface area contributed by atoms with Crippen molar-refractivity contribution in [3.05, 3.63) is 35.9 Å². The summed E-state index contributed by atoms with van der Waals surface area (Å²) in [5, 5.41) is 3.39. The summed E-state index contributed by atoms with van der Waals surface area (Å²) in [6, 6.07) is 10.7. The first-order chi connectivity index (χ1) is 9.65. The first-order valence-corrected chi connectivity index (χ1v) is 7.47. The number of rotatable bonds is 2. The summed E-state index contributed by atoms with van der Waals surface area (Å²) < 4.78 is 0. The molecule has 0 amide bonds. The summed E-state index contributed by atoms with van der Waals surface area (Å²) in [5.74, 6) is 1.09. The molecule has 4 heteroatoms. The van der Waals surface area contributed by atoms with Gasteiger partial charge in [0.1, 0.15) is 0 Å². The Labute approximate surface area is 121 Å². The Morgan fingerprint density at radius 3 is 2.65 bits per heavy atom. The molecule has 4 nitrogen and oxygen atoms in total. The maximum Gasteiger partial charge on any atom is 0.194 e. The topological polar surface area (TPSA) is 30.9 Å². The van der Waals surface area contributed by atoms with Gasteiger partial charge >= 0.3 is 0 Å². The van der Waals surface area contributed by atoms with Crippen molar-refractivity contribution in [1.29, 1.82) is 0 Å². The molecule has 0 aromatic heterocycles. The van der Waals surface area contributed by atoms with Gasteiger partial charge in [0, 0.05) is 38.3 Å². The quantitative estimate of drug-likeness (QED) is 0.886. The predicted octanol–water partition coefficient (Wildman–Crippen LogP) is 1.54. The molecule has 0 radical (unpaired) electrons. The van der Waals surface area contributed by atoms with E-state index < -0.39 is 0 Å². The molecule has 0 bridgehead atoms. The fraction of sp³-hybridized carbons (Fsp3) is 0.562. The van der Waals surface area contributed by atoms with Gasteiger partial charge in [0.25, 0.3) is 0 Å². The first kappa shape index (κ1) is 13.4. The largest absolute Gasteiger partial charge is 0.354 e. The Kier molecular flexibility index (Phi) is 3.66. The average Bonchev–Trinajstić information content (AvgIpc) is 2.96. The van der Waals surface area contributed by atoms with Crippen molar-refractivity contribution in [2.45, 2.75) is 25.9 Å². The average molecular weight is 272 g/mol. The SMILES string of the molecule is CC1(C)CN(C2=NCCN2)CCN1Cc1ccccc1. The summed E-state index contributed by atoms with van der Waals surface area (Å²) >= 11 is 0. The highest BCUT2D eigenvalue weighted by molar-refractivity contribution is 5.81. The molecule has 0 aliphatic carbocycles. The van der Waals surface area contributed by atoms with Crippen LogP contribution in [0.4, 0.5) is 0 Å². The van der Waals surface area contributed by atoms with E-state index in [-0.39, 0.29) is 5.54 Å². The minimum Gasteiger partial charge on any atom is -0.354 e. The summed E-state index contributed by atoms with van der Waals surface area (Å²) in [6.45, 7) is 10.8. The van der Waals surface area contributed by atoms with Crippen molar-refractivity contribution in [1.82, 2.24) is 15.1 Å². The third kappa shape index (κ3) is 2.80. The van der Waals surface area contributed by atoms with Gasteiger partial charge in [0.2, 0.25) is 0 Å². The minimum atomic E-state index is 0.168. The highest BCUT2D eigenvalue weighted by Crippen LogP contribution is 2.23. The molecular weight excluding hydrogens is 248 g/mol. The van der Waals surface area contributed by atoms with Crippen LogP contribution >= 0.6 is 0 Å². The van der Waals surface area contributed by atoms with Gasteiger partial charge in [0.05, 0.1) is 6.54 Å². The molecular formula is C16H24N4. The van der Waals surface area contributed by atoms with Crippen LogP contribution in [0.2, 0.25) is 0 Å². The second-order valence-electron chi connectivity index (χ2n) is 6.27. The van der Waals surface area contributed by atoms with Gasteiger partial charge < -0.3 is 10.2 Å². The van der Waals surface area contributed by atoms with E-state index in [1.54, 1.807) is 0 Å². The van der Waals surface area contributed by atoms with Gasteiger partial charge in [-0.05, 0) is 19.4 Å². The van der Waals surface area contributed by atoms with Crippen molar-refractivity contribution in [3.8, 4) is 0 Å². The Bertz CT molecular complexity index is 481. The molecule has 3 rings (SSSR count). The molecule has 1 aromatic carbocycles. The highest BCUT2D eigenvalue weighted by Gasteiger charge is 2.35. The van der Waals surface area contributed by atoms with Crippen molar-refractivity contribution >= 4 is 5.96 Å². The summed E-state index contributed by atoms with van der Waals surface area (Å²) in [6.07, 6.45) is 0. The second-order valence-corrected chi connectivity index (χ2v) is 6.27. The zero-order valence-corrected chi connectivity index (χ0v) is 12.5. The third-order valence-electron chi connectivity index (χ3n) is 4.25. The number of benzene rings is 1. The maximum absolute atomic E-state index is 4.55. The molecule has 0 spiro atoms. The normalized spacial score (nSPS) is 22.5. The van der Waals surface area contributed by atoms with E-state index in [4.69, 9.17) is 0 Å². The monoisotopic (exact) mass is 272 g/mol. The van der Waals surface area contributed by atoms with Crippen LogP contribution in [0.3, 0.4) is 0 Å². The second kappa shape index (κ2) is 5.44. The van der Waals surface area contributed by atoms with Crippen LogP contribution in [0.25, 0.3) is 0 Å². The number of piperazine rings is 1. The number of guanidine groups is 1. The number of aliphatic imine (C=N–C) groups is 1. The van der Waals surface area contributed by atoms with Gasteiger partial charge in [-0.15, -0.1) is 0 Å². The molecule has 2 aliphatic rings. The van der Waals surface area contributed by atoms with Crippen LogP contribution in [-0.4, -0.2) is 54.0 Å². The van der Waals surface area contributed by atoms with Crippen LogP contribution in [0, 0.1) is 0 Å². The number of hydrogen-bond acceptors (Lipinski definition) is 4. The molecule has 0 unspecified atom stereocenters. The Morgan fingerprint density at radius 1 is 1.20 bits per heavy atom. The van der Waals surface area contributed by atoms with Crippen LogP contribution in [0.5, 0.6) is 0 Å². The molecule has 108 valence electrons. The smallest absolute Gasteiger partial charge is 0.194 e. The summed E-state index contributed by atoms with van der Waals surface area (Å²) in [4.78, 5) is 9.52. The van der Waals surface area contributed by atoms with Crippen LogP contribution < -0.4 is 5.32 Å². The van der Waals surface area contributed by atoms with Crippen molar-refractivity contribution in [2.24, 2.45) is 4.99 Å². The van der Waals surface area contributed by atoms with Crippen molar-refractivity contribution < 1.29 is 0 Å². The fourth-order valence-electron chi connectivity index (χ4n) is 3.07. The zero-order valence-electron chi connectivity index (χ0n) is 12.5. The van der Waals surface area contributed by atoms with Crippen molar-refractivity contribution in [2.75, 3.05) is 32.7 Å².